The summed E-state index contributed by atoms with van der Waals surface area (Å²) in [4.78, 5) is 14.5. The Morgan fingerprint density at radius 3 is 2.10 bits per heavy atom. The maximum atomic E-state index is 13.1. The molecule has 0 fully saturated rings. The van der Waals surface area contributed by atoms with Gasteiger partial charge < -0.3 is 10.2 Å². The second-order valence-corrected chi connectivity index (χ2v) is 9.19. The number of anilines is 3. The molecule has 0 heterocycles. The molecule has 0 radical (unpaired) electrons. The molecule has 0 spiro atoms. The van der Waals surface area contributed by atoms with E-state index in [0.717, 1.165) is 9.99 Å². The summed E-state index contributed by atoms with van der Waals surface area (Å²) in [6.45, 7) is 0. The topological polar surface area (TPSA) is 69.7 Å². The molecule has 6 nitrogen and oxygen atoms in total. The Kier molecular flexibility index (Phi) is 6.34. The van der Waals surface area contributed by atoms with Crippen molar-refractivity contribution in [3.8, 4) is 0 Å². The molecular formula is C22H22ClN3O3S. The number of hydrogen-bond donors (Lipinski definition) is 1. The zero-order valence-electron chi connectivity index (χ0n) is 16.8. The quantitative estimate of drug-likeness (QED) is 0.609. The molecule has 0 bridgehead atoms. The Morgan fingerprint density at radius 2 is 1.50 bits per heavy atom. The van der Waals surface area contributed by atoms with Gasteiger partial charge in [0.05, 0.1) is 10.7 Å². The molecule has 1 amide bonds. The molecule has 0 atom stereocenters. The summed E-state index contributed by atoms with van der Waals surface area (Å²) in [5.41, 5.74) is 2.28. The van der Waals surface area contributed by atoms with Gasteiger partial charge in [-0.05, 0) is 54.6 Å². The Balaban J connectivity index is 1.88. The maximum absolute atomic E-state index is 13.1. The van der Waals surface area contributed by atoms with Crippen LogP contribution in [0.4, 0.5) is 17.1 Å². The zero-order chi connectivity index (χ0) is 21.9. The van der Waals surface area contributed by atoms with Crippen molar-refractivity contribution in [3.05, 3.63) is 83.4 Å². The average Bonchev–Trinajstić information content (AvgIpc) is 2.74. The van der Waals surface area contributed by atoms with Crippen LogP contribution in [-0.4, -0.2) is 35.5 Å². The monoisotopic (exact) mass is 443 g/mol. The first-order valence-corrected chi connectivity index (χ1v) is 10.9. The van der Waals surface area contributed by atoms with Gasteiger partial charge in [-0.2, -0.15) is 0 Å². The van der Waals surface area contributed by atoms with Gasteiger partial charge in [0.15, 0.2) is 0 Å². The van der Waals surface area contributed by atoms with Gasteiger partial charge in [0.1, 0.15) is 4.90 Å². The van der Waals surface area contributed by atoms with Crippen LogP contribution in [0, 0.1) is 0 Å². The highest BCUT2D eigenvalue weighted by molar-refractivity contribution is 7.93. The van der Waals surface area contributed by atoms with Crippen LogP contribution in [0.25, 0.3) is 0 Å². The summed E-state index contributed by atoms with van der Waals surface area (Å²) >= 11 is 6.18. The summed E-state index contributed by atoms with van der Waals surface area (Å²) < 4.78 is 27.3. The summed E-state index contributed by atoms with van der Waals surface area (Å²) in [6.07, 6.45) is 0. The van der Waals surface area contributed by atoms with E-state index in [-0.39, 0.29) is 15.5 Å². The molecule has 3 aromatic carbocycles. The van der Waals surface area contributed by atoms with E-state index in [1.54, 1.807) is 42.5 Å². The molecular weight excluding hydrogens is 422 g/mol. The molecule has 0 aromatic heterocycles. The van der Waals surface area contributed by atoms with E-state index in [2.05, 4.69) is 5.32 Å². The smallest absolute Gasteiger partial charge is 0.265 e. The number of para-hydroxylation sites is 1. The first-order chi connectivity index (χ1) is 14.2. The van der Waals surface area contributed by atoms with Crippen LogP contribution in [0.5, 0.6) is 0 Å². The SMILES string of the molecule is CN(C)c1ccc(NC(=O)c2ccc(Cl)c(S(=O)(=O)N(C)c3ccccc3)c2)cc1. The number of nitrogens with one attached hydrogen (secondary N) is 1. The third-order valence-electron chi connectivity index (χ3n) is 4.59. The minimum Gasteiger partial charge on any atom is -0.378 e. The number of amides is 1. The van der Waals surface area contributed by atoms with Gasteiger partial charge in [-0.3, -0.25) is 9.10 Å². The number of hydrogen-bond acceptors (Lipinski definition) is 4. The van der Waals surface area contributed by atoms with Gasteiger partial charge >= 0.3 is 0 Å². The lowest BCUT2D eigenvalue weighted by atomic mass is 10.2. The van der Waals surface area contributed by atoms with Gasteiger partial charge in [-0.1, -0.05) is 29.8 Å². The summed E-state index contributed by atoms with van der Waals surface area (Å²) in [7, 11) is 1.35. The van der Waals surface area contributed by atoms with Crippen LogP contribution >= 0.6 is 11.6 Å². The molecule has 0 unspecified atom stereocenters. The highest BCUT2D eigenvalue weighted by atomic mass is 35.5. The van der Waals surface area contributed by atoms with Crippen LogP contribution in [0.3, 0.4) is 0 Å². The third kappa shape index (κ3) is 4.58. The van der Waals surface area contributed by atoms with Crippen molar-refractivity contribution in [1.29, 1.82) is 0 Å². The van der Waals surface area contributed by atoms with Crippen molar-refractivity contribution in [2.45, 2.75) is 4.90 Å². The van der Waals surface area contributed by atoms with Gasteiger partial charge in [0.2, 0.25) is 0 Å². The summed E-state index contributed by atoms with van der Waals surface area (Å²) in [5.74, 6) is -0.428. The number of nitrogens with zero attached hydrogens (tertiary/aromatic N) is 2. The highest BCUT2D eigenvalue weighted by Gasteiger charge is 2.25. The number of carbonyl (C=O) groups excluding carboxylic acids is 1. The fourth-order valence-corrected chi connectivity index (χ4v) is 4.51. The maximum Gasteiger partial charge on any atom is 0.265 e. The first-order valence-electron chi connectivity index (χ1n) is 9.12. The van der Waals surface area contributed by atoms with Crippen LogP contribution in [0.1, 0.15) is 10.4 Å². The van der Waals surface area contributed by atoms with E-state index < -0.39 is 15.9 Å². The molecule has 0 aliphatic heterocycles. The number of halogens is 1. The van der Waals surface area contributed by atoms with Crippen molar-refractivity contribution in [2.75, 3.05) is 35.7 Å². The van der Waals surface area contributed by atoms with Crippen molar-refractivity contribution < 1.29 is 13.2 Å². The molecule has 8 heteroatoms. The lowest BCUT2D eigenvalue weighted by Gasteiger charge is -2.20. The minimum absolute atomic E-state index is 0.0460. The van der Waals surface area contributed by atoms with Crippen molar-refractivity contribution in [1.82, 2.24) is 0 Å². The number of benzene rings is 3. The summed E-state index contributed by atoms with van der Waals surface area (Å²) in [5, 5.41) is 2.82. The van der Waals surface area contributed by atoms with Gasteiger partial charge in [-0.25, -0.2) is 8.42 Å². The van der Waals surface area contributed by atoms with E-state index in [0.29, 0.717) is 11.4 Å². The van der Waals surface area contributed by atoms with Crippen molar-refractivity contribution in [2.24, 2.45) is 0 Å². The lowest BCUT2D eigenvalue weighted by molar-refractivity contribution is 0.102. The number of sulfonamides is 1. The highest BCUT2D eigenvalue weighted by Crippen LogP contribution is 2.28. The standard InChI is InChI=1S/C22H22ClN3O3S/c1-25(2)18-12-10-17(11-13-18)24-22(27)16-9-14-20(23)21(15-16)30(28,29)26(3)19-7-5-4-6-8-19/h4-15H,1-3H3,(H,24,27). The third-order valence-corrected chi connectivity index (χ3v) is 6.86. The van der Waals surface area contributed by atoms with E-state index >= 15 is 0 Å². The molecule has 0 aliphatic carbocycles. The molecule has 0 aliphatic rings. The number of carbonyl (C=O) groups is 1. The molecule has 1 N–H and O–H groups in total. The molecule has 3 rings (SSSR count). The Labute approximate surface area is 181 Å². The van der Waals surface area contributed by atoms with Crippen LogP contribution in [0.15, 0.2) is 77.7 Å². The first kappa shape index (κ1) is 21.7. The van der Waals surface area contributed by atoms with Crippen LogP contribution < -0.4 is 14.5 Å². The van der Waals surface area contributed by atoms with E-state index in [1.807, 2.05) is 31.1 Å². The number of rotatable bonds is 6. The van der Waals surface area contributed by atoms with E-state index in [9.17, 15) is 13.2 Å². The average molecular weight is 444 g/mol. The van der Waals surface area contributed by atoms with Crippen molar-refractivity contribution in [3.63, 3.8) is 0 Å². The molecule has 0 saturated carbocycles. The fourth-order valence-electron chi connectivity index (χ4n) is 2.81. The molecule has 30 heavy (non-hydrogen) atoms. The second-order valence-electron chi connectivity index (χ2n) is 6.85. The largest absolute Gasteiger partial charge is 0.378 e. The Morgan fingerprint density at radius 1 is 0.867 bits per heavy atom. The van der Waals surface area contributed by atoms with E-state index in [1.165, 1.54) is 25.2 Å². The summed E-state index contributed by atoms with van der Waals surface area (Å²) in [6, 6.07) is 20.2. The molecule has 156 valence electrons. The van der Waals surface area contributed by atoms with Crippen molar-refractivity contribution >= 4 is 44.6 Å². The predicted octanol–water partition coefficient (Wildman–Crippen LogP) is 4.48. The minimum atomic E-state index is -3.95. The second kappa shape index (κ2) is 8.77. The van der Waals surface area contributed by atoms with Gasteiger partial charge in [0.25, 0.3) is 15.9 Å². The lowest BCUT2D eigenvalue weighted by Crippen LogP contribution is -2.27. The fraction of sp³-hybridized carbons (Fsp3) is 0.136. The van der Waals surface area contributed by atoms with Crippen LogP contribution in [-0.2, 0) is 10.0 Å². The normalized spacial score (nSPS) is 11.1. The Bertz CT molecular complexity index is 1150. The van der Waals surface area contributed by atoms with Gasteiger partial charge in [0, 0.05) is 38.1 Å². The van der Waals surface area contributed by atoms with E-state index in [4.69, 9.17) is 11.6 Å². The molecule has 0 saturated heterocycles. The van der Waals surface area contributed by atoms with Gasteiger partial charge in [-0.15, -0.1) is 0 Å². The molecule has 3 aromatic rings. The zero-order valence-corrected chi connectivity index (χ0v) is 18.4. The van der Waals surface area contributed by atoms with Crippen LogP contribution in [0.2, 0.25) is 5.02 Å². The Hall–Kier alpha value is -3.03. The predicted molar refractivity (Wildman–Crippen MR) is 122 cm³/mol.